The Balaban J connectivity index is 1.26. The maximum Gasteiger partial charge on any atom is 0.257 e. The summed E-state index contributed by atoms with van der Waals surface area (Å²) in [5.41, 5.74) is 1.47. The predicted octanol–water partition coefficient (Wildman–Crippen LogP) is 4.31. The van der Waals surface area contributed by atoms with Gasteiger partial charge in [0.05, 0.1) is 18.6 Å². The Morgan fingerprint density at radius 3 is 2.28 bits per heavy atom. The second-order valence-electron chi connectivity index (χ2n) is 8.79. The zero-order valence-electron chi connectivity index (χ0n) is 18.5. The number of ether oxygens (including phenoxy) is 1. The lowest BCUT2D eigenvalue weighted by Gasteiger charge is -2.32. The Labute approximate surface area is 189 Å². The largest absolute Gasteiger partial charge is 0.492 e. The Hall–Kier alpha value is -2.89. The van der Waals surface area contributed by atoms with E-state index < -0.39 is 0 Å². The molecule has 4 rings (SSSR count). The molecule has 2 fully saturated rings. The van der Waals surface area contributed by atoms with Crippen molar-refractivity contribution in [2.45, 2.75) is 38.5 Å². The quantitative estimate of drug-likeness (QED) is 0.675. The third-order valence-electron chi connectivity index (χ3n) is 6.47. The van der Waals surface area contributed by atoms with E-state index in [1.807, 2.05) is 34.1 Å². The highest BCUT2D eigenvalue weighted by Gasteiger charge is 2.25. The molecule has 0 radical (unpaired) electrons. The highest BCUT2D eigenvalue weighted by molar-refractivity contribution is 5.97. The van der Waals surface area contributed by atoms with Crippen LogP contribution < -0.4 is 4.74 Å². The lowest BCUT2D eigenvalue weighted by atomic mass is 9.97. The van der Waals surface area contributed by atoms with Gasteiger partial charge in [0, 0.05) is 26.2 Å². The molecule has 2 aliphatic rings. The molecule has 2 amide bonds. The van der Waals surface area contributed by atoms with Gasteiger partial charge in [-0.05, 0) is 67.9 Å². The average Bonchev–Trinajstić information content (AvgIpc) is 2.85. The van der Waals surface area contributed by atoms with Crippen molar-refractivity contribution in [3.63, 3.8) is 0 Å². The van der Waals surface area contributed by atoms with E-state index in [1.165, 1.54) is 18.6 Å². The van der Waals surface area contributed by atoms with E-state index in [-0.39, 0.29) is 17.6 Å². The summed E-state index contributed by atoms with van der Waals surface area (Å²) in [6.07, 6.45) is 5.36. The van der Waals surface area contributed by atoms with Crippen LogP contribution in [0.3, 0.4) is 0 Å². The van der Waals surface area contributed by atoms with Crippen molar-refractivity contribution in [3.05, 3.63) is 65.5 Å². The van der Waals surface area contributed by atoms with Crippen molar-refractivity contribution >= 4 is 11.8 Å². The molecule has 2 aromatic rings. The molecule has 0 atom stereocenters. The van der Waals surface area contributed by atoms with Crippen LogP contribution in [0.15, 0.2) is 48.5 Å². The van der Waals surface area contributed by atoms with Crippen LogP contribution in [0.4, 0.5) is 4.39 Å². The number of para-hydroxylation sites is 1. The molecule has 5 nitrogen and oxygen atoms in total. The molecule has 0 spiro atoms. The van der Waals surface area contributed by atoms with Gasteiger partial charge in [0.2, 0.25) is 5.91 Å². The smallest absolute Gasteiger partial charge is 0.257 e. The van der Waals surface area contributed by atoms with E-state index in [9.17, 15) is 14.0 Å². The highest BCUT2D eigenvalue weighted by Crippen LogP contribution is 2.25. The summed E-state index contributed by atoms with van der Waals surface area (Å²) in [5.74, 6) is 0.845. The fraction of sp³-hybridized carbons (Fsp3) is 0.462. The molecule has 170 valence electrons. The molecule has 2 aromatic carbocycles. The number of amides is 2. The summed E-state index contributed by atoms with van der Waals surface area (Å²) in [5, 5.41) is 0. The molecule has 0 aliphatic carbocycles. The first-order valence-corrected chi connectivity index (χ1v) is 11.6. The van der Waals surface area contributed by atoms with E-state index >= 15 is 0 Å². The van der Waals surface area contributed by atoms with Gasteiger partial charge in [-0.2, -0.15) is 0 Å². The SMILES string of the molecule is O=C(Cc1ccc(F)cc1)N1CCC(COc2ccccc2C(=O)N2CCCCC2)CC1. The van der Waals surface area contributed by atoms with Gasteiger partial charge in [0.25, 0.3) is 5.91 Å². The fourth-order valence-electron chi connectivity index (χ4n) is 4.48. The van der Waals surface area contributed by atoms with E-state index in [0.29, 0.717) is 43.3 Å². The molecule has 0 aromatic heterocycles. The van der Waals surface area contributed by atoms with Gasteiger partial charge in [0.15, 0.2) is 0 Å². The van der Waals surface area contributed by atoms with Gasteiger partial charge >= 0.3 is 0 Å². The molecule has 0 unspecified atom stereocenters. The van der Waals surface area contributed by atoms with Crippen LogP contribution in [0.5, 0.6) is 5.75 Å². The van der Waals surface area contributed by atoms with Crippen LogP contribution in [0, 0.1) is 11.7 Å². The van der Waals surface area contributed by atoms with Crippen LogP contribution in [0.25, 0.3) is 0 Å². The van der Waals surface area contributed by atoms with Crippen molar-refractivity contribution in [3.8, 4) is 5.75 Å². The van der Waals surface area contributed by atoms with E-state index in [2.05, 4.69) is 0 Å². The van der Waals surface area contributed by atoms with E-state index in [0.717, 1.165) is 44.3 Å². The zero-order valence-corrected chi connectivity index (χ0v) is 18.5. The molecule has 2 heterocycles. The fourth-order valence-corrected chi connectivity index (χ4v) is 4.48. The summed E-state index contributed by atoms with van der Waals surface area (Å²) in [7, 11) is 0. The Morgan fingerprint density at radius 2 is 1.56 bits per heavy atom. The molecule has 2 aliphatic heterocycles. The number of piperidine rings is 2. The molecule has 32 heavy (non-hydrogen) atoms. The van der Waals surface area contributed by atoms with Crippen molar-refractivity contribution in [2.75, 3.05) is 32.8 Å². The highest BCUT2D eigenvalue weighted by atomic mass is 19.1. The van der Waals surface area contributed by atoms with Crippen molar-refractivity contribution in [2.24, 2.45) is 5.92 Å². The maximum absolute atomic E-state index is 13.1. The molecule has 6 heteroatoms. The van der Waals surface area contributed by atoms with Gasteiger partial charge < -0.3 is 14.5 Å². The summed E-state index contributed by atoms with van der Waals surface area (Å²) in [6, 6.07) is 13.6. The lowest BCUT2D eigenvalue weighted by Crippen LogP contribution is -2.40. The van der Waals surface area contributed by atoms with Gasteiger partial charge in [-0.15, -0.1) is 0 Å². The van der Waals surface area contributed by atoms with E-state index in [1.54, 1.807) is 12.1 Å². The lowest BCUT2D eigenvalue weighted by molar-refractivity contribution is -0.132. The first kappa shape index (κ1) is 22.3. The second kappa shape index (κ2) is 10.6. The van der Waals surface area contributed by atoms with Crippen LogP contribution in [0.2, 0.25) is 0 Å². The predicted molar refractivity (Wildman–Crippen MR) is 121 cm³/mol. The van der Waals surface area contributed by atoms with Crippen LogP contribution in [0.1, 0.15) is 48.0 Å². The maximum atomic E-state index is 13.1. The van der Waals surface area contributed by atoms with Crippen LogP contribution in [-0.4, -0.2) is 54.4 Å². The summed E-state index contributed by atoms with van der Waals surface area (Å²) in [6.45, 7) is 3.57. The Morgan fingerprint density at radius 1 is 0.875 bits per heavy atom. The normalized spacial score (nSPS) is 17.3. The number of carbonyl (C=O) groups is 2. The van der Waals surface area contributed by atoms with Crippen molar-refractivity contribution < 1.29 is 18.7 Å². The monoisotopic (exact) mass is 438 g/mol. The minimum atomic E-state index is -0.291. The number of nitrogens with zero attached hydrogens (tertiary/aromatic N) is 2. The second-order valence-corrected chi connectivity index (χ2v) is 8.79. The average molecular weight is 439 g/mol. The van der Waals surface area contributed by atoms with Crippen LogP contribution in [-0.2, 0) is 11.2 Å². The number of rotatable bonds is 6. The van der Waals surface area contributed by atoms with Gasteiger partial charge in [-0.25, -0.2) is 4.39 Å². The first-order valence-electron chi connectivity index (χ1n) is 11.6. The Kier molecular flexibility index (Phi) is 7.40. The van der Waals surface area contributed by atoms with Crippen molar-refractivity contribution in [1.82, 2.24) is 9.80 Å². The topological polar surface area (TPSA) is 49.9 Å². The first-order chi connectivity index (χ1) is 15.6. The number of benzene rings is 2. The van der Waals surface area contributed by atoms with Gasteiger partial charge in [-0.3, -0.25) is 9.59 Å². The number of halogens is 1. The molecule has 0 N–H and O–H groups in total. The number of likely N-dealkylation sites (tertiary alicyclic amines) is 2. The van der Waals surface area contributed by atoms with E-state index in [4.69, 9.17) is 4.74 Å². The summed E-state index contributed by atoms with van der Waals surface area (Å²) in [4.78, 5) is 29.3. The third-order valence-corrected chi connectivity index (χ3v) is 6.47. The Bertz CT molecular complexity index is 917. The van der Waals surface area contributed by atoms with Crippen LogP contribution >= 0.6 is 0 Å². The molecule has 0 saturated carbocycles. The molecule has 2 saturated heterocycles. The number of hydrogen-bond donors (Lipinski definition) is 0. The minimum absolute atomic E-state index is 0.0570. The third kappa shape index (κ3) is 5.67. The number of carbonyl (C=O) groups excluding carboxylic acids is 2. The minimum Gasteiger partial charge on any atom is -0.492 e. The summed E-state index contributed by atoms with van der Waals surface area (Å²) < 4.78 is 19.2. The molecule has 0 bridgehead atoms. The van der Waals surface area contributed by atoms with Gasteiger partial charge in [0.1, 0.15) is 11.6 Å². The van der Waals surface area contributed by atoms with Crippen molar-refractivity contribution in [1.29, 1.82) is 0 Å². The number of hydrogen-bond acceptors (Lipinski definition) is 3. The molecular weight excluding hydrogens is 407 g/mol. The standard InChI is InChI=1S/C26H31FN2O3/c27-22-10-8-20(9-11-22)18-25(30)28-16-12-21(13-17-28)19-32-24-7-3-2-6-23(24)26(31)29-14-4-1-5-15-29/h2-3,6-11,21H,1,4-5,12-19H2. The van der Waals surface area contributed by atoms with Gasteiger partial charge in [-0.1, -0.05) is 24.3 Å². The zero-order chi connectivity index (χ0) is 22.3. The summed E-state index contributed by atoms with van der Waals surface area (Å²) >= 11 is 0. The molecular formula is C26H31FN2O3.